The largest absolute Gasteiger partial charge is 0.507 e. The summed E-state index contributed by atoms with van der Waals surface area (Å²) in [6.45, 7) is 0. The van der Waals surface area contributed by atoms with Gasteiger partial charge < -0.3 is 33.2 Å². The smallest absolute Gasteiger partial charge is 0.312 e. The van der Waals surface area contributed by atoms with Gasteiger partial charge in [0.25, 0.3) is 0 Å². The molecular weight excluding hydrogens is 480 g/mol. The Morgan fingerprint density at radius 3 is 2.16 bits per heavy atom. The highest BCUT2D eigenvalue weighted by molar-refractivity contribution is 5.94. The third-order valence-corrected chi connectivity index (χ3v) is 6.46. The van der Waals surface area contributed by atoms with Crippen LogP contribution in [0.15, 0.2) is 57.9 Å². The van der Waals surface area contributed by atoms with E-state index in [1.807, 2.05) is 0 Å². The molecule has 4 aromatic rings. The second-order valence-electron chi connectivity index (χ2n) is 8.41. The molecule has 0 bridgehead atoms. The quantitative estimate of drug-likeness (QED) is 0.296. The van der Waals surface area contributed by atoms with Gasteiger partial charge in [-0.05, 0) is 35.4 Å². The Balaban J connectivity index is 1.74. The van der Waals surface area contributed by atoms with Crippen molar-refractivity contribution in [2.24, 2.45) is 0 Å². The summed E-state index contributed by atoms with van der Waals surface area (Å²) in [6, 6.07) is 11.7. The molecule has 5 rings (SSSR count). The molecule has 0 spiro atoms. The lowest BCUT2D eigenvalue weighted by molar-refractivity contribution is -0.135. The zero-order valence-electron chi connectivity index (χ0n) is 20.6. The molecule has 0 radical (unpaired) electrons. The van der Waals surface area contributed by atoms with Crippen LogP contribution in [0.25, 0.3) is 22.1 Å². The molecule has 0 amide bonds. The maximum Gasteiger partial charge on any atom is 0.312 e. The SMILES string of the molecule is COc1ccc(-c2coc3c4c(cc(O)c3c2=O)OC(=O)CC4c2cc(OC)c(OC)c(OC)c2)cc1. The van der Waals surface area contributed by atoms with Crippen LogP contribution in [-0.2, 0) is 4.79 Å². The van der Waals surface area contributed by atoms with Crippen molar-refractivity contribution in [2.75, 3.05) is 28.4 Å². The Labute approximate surface area is 211 Å². The molecule has 1 aromatic heterocycles. The number of ether oxygens (including phenoxy) is 5. The van der Waals surface area contributed by atoms with Gasteiger partial charge >= 0.3 is 5.97 Å². The average molecular weight is 504 g/mol. The lowest BCUT2D eigenvalue weighted by atomic mass is 9.84. The van der Waals surface area contributed by atoms with Crippen molar-refractivity contribution >= 4 is 16.9 Å². The highest BCUT2D eigenvalue weighted by Gasteiger charge is 2.34. The molecule has 2 heterocycles. The van der Waals surface area contributed by atoms with E-state index in [4.69, 9.17) is 28.1 Å². The second-order valence-corrected chi connectivity index (χ2v) is 8.41. The number of phenolic OH excluding ortho intramolecular Hbond substituents is 1. The van der Waals surface area contributed by atoms with Crippen LogP contribution in [0, 0.1) is 0 Å². The first-order valence-electron chi connectivity index (χ1n) is 11.4. The first-order chi connectivity index (χ1) is 17.9. The van der Waals surface area contributed by atoms with Crippen LogP contribution in [0.5, 0.6) is 34.5 Å². The maximum atomic E-state index is 13.6. The molecule has 1 N–H and O–H groups in total. The number of hydrogen-bond donors (Lipinski definition) is 1. The van der Waals surface area contributed by atoms with Crippen molar-refractivity contribution in [2.45, 2.75) is 12.3 Å². The molecule has 1 aliphatic rings. The van der Waals surface area contributed by atoms with Crippen LogP contribution < -0.4 is 29.1 Å². The van der Waals surface area contributed by atoms with Gasteiger partial charge in [-0.15, -0.1) is 0 Å². The van der Waals surface area contributed by atoms with Crippen LogP contribution in [0.2, 0.25) is 0 Å². The van der Waals surface area contributed by atoms with E-state index in [-0.39, 0.29) is 34.5 Å². The maximum absolute atomic E-state index is 13.6. The molecule has 1 aliphatic heterocycles. The fourth-order valence-electron chi connectivity index (χ4n) is 4.69. The standard InChI is InChI=1S/C28H24O9/c1-32-16-7-5-14(6-8-16)18-13-36-28-24-17(15-9-21(33-2)27(35-4)22(10-15)34-3)11-23(30)37-20(24)12-19(29)25(28)26(18)31/h5-10,12-13,17,29H,11H2,1-4H3. The van der Waals surface area contributed by atoms with Crippen molar-refractivity contribution in [3.8, 4) is 45.6 Å². The number of benzene rings is 3. The van der Waals surface area contributed by atoms with Crippen LogP contribution in [0.1, 0.15) is 23.5 Å². The van der Waals surface area contributed by atoms with Crippen molar-refractivity contribution in [3.05, 3.63) is 70.1 Å². The first kappa shape index (κ1) is 24.1. The minimum Gasteiger partial charge on any atom is -0.507 e. The number of esters is 1. The van der Waals surface area contributed by atoms with Crippen molar-refractivity contribution in [3.63, 3.8) is 0 Å². The number of hydrogen-bond acceptors (Lipinski definition) is 9. The number of methoxy groups -OCH3 is 4. The van der Waals surface area contributed by atoms with Gasteiger partial charge in [-0.1, -0.05) is 12.1 Å². The number of phenols is 1. The molecule has 0 saturated heterocycles. The van der Waals surface area contributed by atoms with Crippen molar-refractivity contribution < 1.29 is 38.0 Å². The van der Waals surface area contributed by atoms with Crippen molar-refractivity contribution in [1.29, 1.82) is 0 Å². The third-order valence-electron chi connectivity index (χ3n) is 6.46. The van der Waals surface area contributed by atoms with Gasteiger partial charge in [-0.2, -0.15) is 0 Å². The predicted octanol–water partition coefficient (Wildman–Crippen LogP) is 4.64. The van der Waals surface area contributed by atoms with Gasteiger partial charge in [0.1, 0.15) is 34.5 Å². The molecule has 37 heavy (non-hydrogen) atoms. The van der Waals surface area contributed by atoms with Gasteiger partial charge in [0.05, 0.1) is 40.4 Å². The summed E-state index contributed by atoms with van der Waals surface area (Å²) in [6.07, 6.45) is 1.31. The van der Waals surface area contributed by atoms with Gasteiger partial charge in [0, 0.05) is 17.5 Å². The normalized spacial score (nSPS) is 14.6. The molecule has 3 aromatic carbocycles. The van der Waals surface area contributed by atoms with Gasteiger partial charge in [0.2, 0.25) is 11.2 Å². The van der Waals surface area contributed by atoms with E-state index >= 15 is 0 Å². The van der Waals surface area contributed by atoms with Crippen LogP contribution in [0.3, 0.4) is 0 Å². The predicted molar refractivity (Wildman–Crippen MR) is 134 cm³/mol. The third kappa shape index (κ3) is 3.98. The van der Waals surface area contributed by atoms with Crippen LogP contribution in [-0.4, -0.2) is 39.5 Å². The van der Waals surface area contributed by atoms with E-state index in [0.717, 1.165) is 0 Å². The van der Waals surface area contributed by atoms with E-state index < -0.39 is 17.3 Å². The minimum absolute atomic E-state index is 0.0116. The molecule has 9 heteroatoms. The van der Waals surface area contributed by atoms with Crippen molar-refractivity contribution in [1.82, 2.24) is 0 Å². The van der Waals surface area contributed by atoms with E-state index in [0.29, 0.717) is 39.7 Å². The lowest BCUT2D eigenvalue weighted by Gasteiger charge is -2.27. The molecule has 1 unspecified atom stereocenters. The summed E-state index contributed by atoms with van der Waals surface area (Å²) in [5.41, 5.74) is 1.68. The average Bonchev–Trinajstić information content (AvgIpc) is 2.91. The number of aromatic hydroxyl groups is 1. The van der Waals surface area contributed by atoms with E-state index in [2.05, 4.69) is 0 Å². The highest BCUT2D eigenvalue weighted by atomic mass is 16.5. The number of fused-ring (bicyclic) bond motifs is 3. The Kier molecular flexibility index (Phi) is 6.12. The number of carbonyl (C=O) groups excluding carboxylic acids is 1. The zero-order chi connectivity index (χ0) is 26.3. The first-order valence-corrected chi connectivity index (χ1v) is 11.4. The van der Waals surface area contributed by atoms with Crippen LogP contribution >= 0.6 is 0 Å². The molecular formula is C28H24O9. The van der Waals surface area contributed by atoms with Gasteiger partial charge in [-0.3, -0.25) is 9.59 Å². The molecule has 0 saturated carbocycles. The second kappa shape index (κ2) is 9.42. The fraction of sp³-hybridized carbons (Fsp3) is 0.214. The zero-order valence-corrected chi connectivity index (χ0v) is 20.6. The van der Waals surface area contributed by atoms with E-state index in [9.17, 15) is 14.7 Å². The summed E-state index contributed by atoms with van der Waals surface area (Å²) in [5, 5.41) is 10.8. The number of carbonyl (C=O) groups is 1. The molecule has 9 nitrogen and oxygen atoms in total. The lowest BCUT2D eigenvalue weighted by Crippen LogP contribution is -2.22. The number of rotatable bonds is 6. The van der Waals surface area contributed by atoms with E-state index in [1.165, 1.54) is 33.7 Å². The topological polar surface area (TPSA) is 114 Å². The molecule has 0 fully saturated rings. The summed E-state index contributed by atoms with van der Waals surface area (Å²) in [4.78, 5) is 26.1. The van der Waals surface area contributed by atoms with Gasteiger partial charge in [0.15, 0.2) is 11.5 Å². The molecule has 0 aliphatic carbocycles. The Morgan fingerprint density at radius 2 is 1.57 bits per heavy atom. The van der Waals surface area contributed by atoms with E-state index in [1.54, 1.807) is 43.5 Å². The summed E-state index contributed by atoms with van der Waals surface area (Å²) >= 11 is 0. The monoisotopic (exact) mass is 504 g/mol. The Bertz CT molecular complexity index is 1540. The summed E-state index contributed by atoms with van der Waals surface area (Å²) in [7, 11) is 6.05. The van der Waals surface area contributed by atoms with Crippen LogP contribution in [0.4, 0.5) is 0 Å². The van der Waals surface area contributed by atoms with Gasteiger partial charge in [-0.25, -0.2) is 0 Å². The molecule has 190 valence electrons. The highest BCUT2D eigenvalue weighted by Crippen LogP contribution is 2.48. The summed E-state index contributed by atoms with van der Waals surface area (Å²) < 4.78 is 33.0. The molecule has 1 atom stereocenters. The fourth-order valence-corrected chi connectivity index (χ4v) is 4.69. The summed E-state index contributed by atoms with van der Waals surface area (Å²) in [5.74, 6) is 0.536. The Hall–Kier alpha value is -4.66. The Morgan fingerprint density at radius 1 is 0.892 bits per heavy atom. The minimum atomic E-state index is -0.581.